The molecule has 0 saturated carbocycles. The van der Waals surface area contributed by atoms with E-state index in [0.717, 1.165) is 16.7 Å². The van der Waals surface area contributed by atoms with E-state index in [1.54, 1.807) is 6.07 Å². The molecule has 0 aliphatic heterocycles. The summed E-state index contributed by atoms with van der Waals surface area (Å²) in [5.41, 5.74) is 15.1. The van der Waals surface area contributed by atoms with Crippen LogP contribution in [0.5, 0.6) is 0 Å². The third-order valence-corrected chi connectivity index (χ3v) is 10.9. The third-order valence-electron chi connectivity index (χ3n) is 10.2. The average Bonchev–Trinajstić information content (AvgIpc) is 3.36. The average molecular weight is 1050 g/mol. The minimum atomic E-state index is -0.775. The second-order valence-corrected chi connectivity index (χ2v) is 18.9. The summed E-state index contributed by atoms with van der Waals surface area (Å²) in [6, 6.07) is 45.3. The molecule has 10 nitrogen and oxygen atoms in total. The Labute approximate surface area is 434 Å². The normalized spacial score (nSPS) is 11.7. The number of anilines is 3. The highest BCUT2D eigenvalue weighted by molar-refractivity contribution is 9.10. The number of rotatable bonds is 22. The quantitative estimate of drug-likeness (QED) is 0.0288. The minimum absolute atomic E-state index is 0. The summed E-state index contributed by atoms with van der Waals surface area (Å²) in [5, 5.41) is 26.2. The number of nitrogen functional groups attached to an aromatic ring is 1. The Kier molecular flexibility index (Phi) is 26.8. The third kappa shape index (κ3) is 23.9. The number of hydrogen-bond acceptors (Lipinski definition) is 9. The molecule has 0 bridgehead atoms. The van der Waals surface area contributed by atoms with Gasteiger partial charge in [0.1, 0.15) is 5.82 Å². The van der Waals surface area contributed by atoms with Crippen molar-refractivity contribution in [2.24, 2.45) is 10.8 Å². The molecule has 0 radical (unpaired) electrons. The van der Waals surface area contributed by atoms with Gasteiger partial charge in [0.2, 0.25) is 0 Å². The van der Waals surface area contributed by atoms with Gasteiger partial charge in [0.05, 0.1) is 82.1 Å². The molecule has 0 fully saturated rings. The molecule has 0 aromatic heterocycles. The molecule has 0 unspecified atom stereocenters. The van der Waals surface area contributed by atoms with Gasteiger partial charge in [0, 0.05) is 52.2 Å². The fourth-order valence-corrected chi connectivity index (χ4v) is 6.75. The maximum absolute atomic E-state index is 14.2. The summed E-state index contributed by atoms with van der Waals surface area (Å²) in [6.45, 7) is 11.8. The number of nitrogens with two attached hydrogens (primary N) is 1. The van der Waals surface area contributed by atoms with Crippen LogP contribution in [0.1, 0.15) is 62.9 Å². The molecule has 2 atom stereocenters. The van der Waals surface area contributed by atoms with Crippen molar-refractivity contribution in [3.63, 3.8) is 0 Å². The lowest BCUT2D eigenvalue weighted by Gasteiger charge is -2.18. The summed E-state index contributed by atoms with van der Waals surface area (Å²) < 4.78 is 50.7. The smallest absolute Gasteiger partial charge is 0.185 e. The van der Waals surface area contributed by atoms with Crippen LogP contribution in [0.25, 0.3) is 0 Å². The van der Waals surface area contributed by atoms with Crippen LogP contribution in [0, 0.1) is 46.6 Å². The van der Waals surface area contributed by atoms with Crippen molar-refractivity contribution < 1.29 is 43.7 Å². The molecule has 384 valence electrons. The number of terminal acetylenes is 1. The van der Waals surface area contributed by atoms with E-state index >= 15 is 0 Å². The van der Waals surface area contributed by atoms with E-state index in [2.05, 4.69) is 50.1 Å². The lowest BCUT2D eigenvalue weighted by atomic mass is 9.95. The minimum Gasteiger partial charge on any atom is -0.396 e. The van der Waals surface area contributed by atoms with Gasteiger partial charge in [-0.3, -0.25) is 0 Å². The number of aliphatic hydroxyl groups excluding tert-OH is 2. The molecule has 6 aromatic rings. The fourth-order valence-electron chi connectivity index (χ4n) is 6.22. The van der Waals surface area contributed by atoms with Gasteiger partial charge in [-0.2, -0.15) is 0 Å². The van der Waals surface area contributed by atoms with Gasteiger partial charge >= 0.3 is 0 Å². The van der Waals surface area contributed by atoms with E-state index < -0.39 is 23.4 Å². The first-order valence-corrected chi connectivity index (χ1v) is 24.0. The van der Waals surface area contributed by atoms with Crippen molar-refractivity contribution in [2.45, 2.75) is 73.8 Å². The van der Waals surface area contributed by atoms with E-state index in [1.807, 2.05) is 149 Å². The Balaban J connectivity index is 0.000000315. The SMILES string of the molecule is C.C#CC(C)(C)COCc1ccccc1.CC(C)(C#Cc1cc(N)c(F)cc1NC[C@@H](O)COCc1ccccc1)COCc1ccccc1.[NH3+]c1cc(Br)c(NC[C@@H](O)COCc2ccccc2)cc1F. The Morgan fingerprint density at radius 1 is 0.611 bits per heavy atom. The number of nitrogens with one attached hydrogen (secondary N) is 2. The van der Waals surface area contributed by atoms with E-state index in [4.69, 9.17) is 31.1 Å². The fraction of sp³-hybridized carbons (Fsp3) is 0.322. The van der Waals surface area contributed by atoms with Crippen LogP contribution in [0.4, 0.5) is 31.5 Å². The Morgan fingerprint density at radius 3 is 1.43 bits per heavy atom. The van der Waals surface area contributed by atoms with Crippen molar-refractivity contribution in [3.8, 4) is 24.2 Å². The lowest BCUT2D eigenvalue weighted by Crippen LogP contribution is -2.41. The molecule has 0 heterocycles. The van der Waals surface area contributed by atoms with Gasteiger partial charge < -0.3 is 51.3 Å². The van der Waals surface area contributed by atoms with Crippen molar-refractivity contribution >= 4 is 38.7 Å². The van der Waals surface area contributed by atoms with Gasteiger partial charge in [-0.25, -0.2) is 8.78 Å². The summed E-state index contributed by atoms with van der Waals surface area (Å²) >= 11 is 3.33. The number of ether oxygens (including phenoxy) is 4. The van der Waals surface area contributed by atoms with E-state index in [0.29, 0.717) is 66.7 Å². The molecule has 9 N–H and O–H groups in total. The van der Waals surface area contributed by atoms with Gasteiger partial charge in [0.25, 0.3) is 0 Å². The molecule has 0 aliphatic carbocycles. The van der Waals surface area contributed by atoms with E-state index in [-0.39, 0.29) is 50.6 Å². The maximum Gasteiger partial charge on any atom is 0.185 e. The van der Waals surface area contributed by atoms with Crippen LogP contribution in [0.3, 0.4) is 0 Å². The molecular formula is C59H72BrF2N4O6+. The molecule has 0 aliphatic rings. The Bertz CT molecular complexity index is 2570. The zero-order valence-corrected chi connectivity index (χ0v) is 42.7. The molecule has 6 rings (SSSR count). The van der Waals surface area contributed by atoms with Crippen LogP contribution in [0.2, 0.25) is 0 Å². The van der Waals surface area contributed by atoms with Gasteiger partial charge in [0.15, 0.2) is 11.5 Å². The van der Waals surface area contributed by atoms with Crippen LogP contribution in [-0.4, -0.2) is 61.9 Å². The summed E-state index contributed by atoms with van der Waals surface area (Å²) in [7, 11) is 0. The molecule has 0 amide bonds. The zero-order chi connectivity index (χ0) is 51.5. The van der Waals surface area contributed by atoms with Gasteiger partial charge in [-0.05, 0) is 71.9 Å². The molecular weight excluding hydrogens is 979 g/mol. The number of aliphatic hydroxyl groups is 2. The highest BCUT2D eigenvalue weighted by atomic mass is 79.9. The van der Waals surface area contributed by atoms with Crippen LogP contribution < -0.4 is 22.1 Å². The molecule has 0 spiro atoms. The Morgan fingerprint density at radius 2 is 1.00 bits per heavy atom. The lowest BCUT2D eigenvalue weighted by molar-refractivity contribution is -0.258. The van der Waals surface area contributed by atoms with E-state index in [9.17, 15) is 19.0 Å². The van der Waals surface area contributed by atoms with Crippen molar-refractivity contribution in [2.75, 3.05) is 55.9 Å². The predicted molar refractivity (Wildman–Crippen MR) is 291 cm³/mol. The summed E-state index contributed by atoms with van der Waals surface area (Å²) in [5.74, 6) is 8.09. The topological polar surface area (TPSA) is 155 Å². The highest BCUT2D eigenvalue weighted by Gasteiger charge is 2.17. The second kappa shape index (κ2) is 32.1. The van der Waals surface area contributed by atoms with Crippen molar-refractivity contribution in [3.05, 3.63) is 190 Å². The Hall–Kier alpha value is -6.10. The zero-order valence-electron chi connectivity index (χ0n) is 41.1. The second-order valence-electron chi connectivity index (χ2n) is 18.0. The molecule has 13 heteroatoms. The van der Waals surface area contributed by atoms with Crippen LogP contribution >= 0.6 is 15.9 Å². The number of hydrogen-bond donors (Lipinski definition) is 6. The standard InChI is InChI=1S/C29H33FN2O3.C16H18BrFN2O2.C13H16O.CH4/c1-29(2,21-35-19-23-11-7-4-8-12-23)14-13-24-15-27(31)26(30)16-28(24)32-17-25(33)20-34-18-22-9-5-3-6-10-22;17-13-6-15(19)14(18)7-16(13)20-8-12(21)10-22-9-11-4-2-1-3-5-11;1-4-13(2,3)11-14-10-12-8-6-5-7-9-12;/h3-12,15-16,25,32-33H,17-21,31H2,1-2H3;1-7,12,20-21H,8-10,19H2;1,5-9H,10-11H2,2-3H3;1H4/p+1/t25-;12-;;/m11../s1. The van der Waals surface area contributed by atoms with Gasteiger partial charge in [-0.1, -0.05) is 147 Å². The van der Waals surface area contributed by atoms with Crippen LogP contribution in [-0.2, 0) is 45.4 Å². The number of quaternary nitrogens is 1. The molecule has 6 aromatic carbocycles. The summed E-state index contributed by atoms with van der Waals surface area (Å²) in [6.07, 6.45) is 3.90. The summed E-state index contributed by atoms with van der Waals surface area (Å²) in [4.78, 5) is 0. The van der Waals surface area contributed by atoms with E-state index in [1.165, 1.54) is 23.8 Å². The molecule has 0 saturated heterocycles. The predicted octanol–water partition coefficient (Wildman–Crippen LogP) is 10.9. The first-order chi connectivity index (χ1) is 34.0. The highest BCUT2D eigenvalue weighted by Crippen LogP contribution is 2.27. The number of benzene rings is 6. The maximum atomic E-state index is 14.2. The first-order valence-electron chi connectivity index (χ1n) is 23.2. The first kappa shape index (κ1) is 60.2. The van der Waals surface area contributed by atoms with Crippen molar-refractivity contribution in [1.82, 2.24) is 0 Å². The monoisotopic (exact) mass is 1050 g/mol. The number of halogens is 3. The van der Waals surface area contributed by atoms with Gasteiger partial charge in [-0.15, -0.1) is 6.42 Å². The largest absolute Gasteiger partial charge is 0.396 e. The van der Waals surface area contributed by atoms with Crippen molar-refractivity contribution in [1.29, 1.82) is 0 Å². The van der Waals surface area contributed by atoms with Crippen LogP contribution in [0.15, 0.2) is 150 Å². The molecule has 72 heavy (non-hydrogen) atoms.